The van der Waals surface area contributed by atoms with E-state index in [0.717, 1.165) is 10.6 Å². The first-order chi connectivity index (χ1) is 10.1. The van der Waals surface area contributed by atoms with Gasteiger partial charge in [-0.1, -0.05) is 18.2 Å². The lowest BCUT2D eigenvalue weighted by atomic mass is 10.1. The molecule has 0 aliphatic carbocycles. The zero-order valence-corrected chi connectivity index (χ0v) is 13.0. The maximum Gasteiger partial charge on any atom is 0.182 e. The molecule has 21 heavy (non-hydrogen) atoms. The number of rotatable bonds is 6. The second-order valence-corrected chi connectivity index (χ2v) is 5.53. The van der Waals surface area contributed by atoms with Crippen LogP contribution < -0.4 is 4.90 Å². The van der Waals surface area contributed by atoms with Crippen LogP contribution in [-0.4, -0.2) is 25.1 Å². The molecule has 2 rings (SSSR count). The van der Waals surface area contributed by atoms with Crippen molar-refractivity contribution in [1.29, 1.82) is 0 Å². The molecule has 2 aromatic carbocycles. The Hall–Kier alpha value is -1.81. The van der Waals surface area contributed by atoms with Crippen LogP contribution in [0.1, 0.15) is 17.3 Å². The molecule has 0 heterocycles. The zero-order chi connectivity index (χ0) is 15.2. The third-order valence-corrected chi connectivity index (χ3v) is 4.05. The van der Waals surface area contributed by atoms with Crippen molar-refractivity contribution in [2.24, 2.45) is 0 Å². The van der Waals surface area contributed by atoms with Crippen molar-refractivity contribution in [3.05, 3.63) is 59.9 Å². The molecule has 4 heteroatoms. The minimum Gasteiger partial charge on any atom is -0.364 e. The molecule has 0 N–H and O–H groups in total. The Morgan fingerprint density at radius 2 is 1.90 bits per heavy atom. The molecule has 2 nitrogen and oxygen atoms in total. The van der Waals surface area contributed by atoms with E-state index in [4.69, 9.17) is 0 Å². The molecule has 0 radical (unpaired) electrons. The molecule has 0 amide bonds. The minimum atomic E-state index is -0.289. The van der Waals surface area contributed by atoms with Crippen molar-refractivity contribution in [3.8, 4) is 0 Å². The number of carbonyl (C=O) groups excluding carboxylic acids is 1. The molecule has 0 spiro atoms. The van der Waals surface area contributed by atoms with E-state index in [1.54, 1.807) is 17.8 Å². The van der Waals surface area contributed by atoms with Crippen molar-refractivity contribution < 1.29 is 9.18 Å². The van der Waals surface area contributed by atoms with Crippen LogP contribution in [0.5, 0.6) is 0 Å². The summed E-state index contributed by atoms with van der Waals surface area (Å²) in [6.45, 7) is 2.85. The summed E-state index contributed by atoms with van der Waals surface area (Å²) in [6, 6.07) is 13.9. The Balaban J connectivity index is 2.12. The first kappa shape index (κ1) is 15.6. The Morgan fingerprint density at radius 1 is 1.19 bits per heavy atom. The number of carbonyl (C=O) groups is 1. The van der Waals surface area contributed by atoms with Crippen LogP contribution in [-0.2, 0) is 0 Å². The fourth-order valence-electron chi connectivity index (χ4n) is 2.10. The number of nitrogens with zero attached hydrogens (tertiary/aromatic N) is 1. The number of hydrogen-bond donors (Lipinski definition) is 0. The second kappa shape index (κ2) is 7.27. The standard InChI is InChI=1S/C17H18FNOS/c1-3-19(15-6-4-5-14(18)11-15)12-17(20)13-7-9-16(21-2)10-8-13/h4-11H,3,12H2,1-2H3. The molecular formula is C17H18FNOS. The van der Waals surface area contributed by atoms with Gasteiger partial charge in [0.25, 0.3) is 0 Å². The molecule has 0 bridgehead atoms. The summed E-state index contributed by atoms with van der Waals surface area (Å²) in [5, 5.41) is 0. The van der Waals surface area contributed by atoms with Gasteiger partial charge in [-0.2, -0.15) is 0 Å². The van der Waals surface area contributed by atoms with Crippen molar-refractivity contribution in [2.45, 2.75) is 11.8 Å². The molecule has 0 saturated heterocycles. The molecule has 0 saturated carbocycles. The monoisotopic (exact) mass is 303 g/mol. The number of benzene rings is 2. The van der Waals surface area contributed by atoms with Crippen molar-refractivity contribution in [1.82, 2.24) is 0 Å². The molecule has 0 fully saturated rings. The SMILES string of the molecule is CCN(CC(=O)c1ccc(SC)cc1)c1cccc(F)c1. The minimum absolute atomic E-state index is 0.0359. The van der Waals surface area contributed by atoms with E-state index < -0.39 is 0 Å². The smallest absolute Gasteiger partial charge is 0.182 e. The largest absolute Gasteiger partial charge is 0.364 e. The van der Waals surface area contributed by atoms with Crippen LogP contribution in [0.4, 0.5) is 10.1 Å². The maximum atomic E-state index is 13.3. The van der Waals surface area contributed by atoms with E-state index in [2.05, 4.69) is 0 Å². The Bertz CT molecular complexity index is 612. The van der Waals surface area contributed by atoms with Gasteiger partial charge in [0.1, 0.15) is 5.82 Å². The van der Waals surface area contributed by atoms with Crippen molar-refractivity contribution in [3.63, 3.8) is 0 Å². The van der Waals surface area contributed by atoms with Crippen LogP contribution in [0.2, 0.25) is 0 Å². The van der Waals surface area contributed by atoms with Gasteiger partial charge < -0.3 is 4.90 Å². The molecule has 0 unspecified atom stereocenters. The highest BCUT2D eigenvalue weighted by Crippen LogP contribution is 2.18. The van der Waals surface area contributed by atoms with E-state index in [0.29, 0.717) is 12.1 Å². The van der Waals surface area contributed by atoms with Crippen LogP contribution in [0.25, 0.3) is 0 Å². The van der Waals surface area contributed by atoms with E-state index in [1.807, 2.05) is 48.4 Å². The molecular weight excluding hydrogens is 285 g/mol. The van der Waals surface area contributed by atoms with Gasteiger partial charge in [-0.3, -0.25) is 4.79 Å². The fourth-order valence-corrected chi connectivity index (χ4v) is 2.51. The molecule has 0 aliphatic rings. The van der Waals surface area contributed by atoms with Crippen LogP contribution >= 0.6 is 11.8 Å². The van der Waals surface area contributed by atoms with Gasteiger partial charge in [-0.05, 0) is 43.5 Å². The van der Waals surface area contributed by atoms with Gasteiger partial charge in [0.05, 0.1) is 6.54 Å². The number of ketones is 1. The molecule has 2 aromatic rings. The maximum absolute atomic E-state index is 13.3. The lowest BCUT2D eigenvalue weighted by molar-refractivity contribution is 0.0999. The summed E-state index contributed by atoms with van der Waals surface area (Å²) in [5.41, 5.74) is 1.41. The Labute approximate surface area is 129 Å². The normalized spacial score (nSPS) is 10.4. The average molecular weight is 303 g/mol. The predicted octanol–water partition coefficient (Wildman–Crippen LogP) is 4.26. The first-order valence-corrected chi connectivity index (χ1v) is 8.04. The van der Waals surface area contributed by atoms with Gasteiger partial charge in [0, 0.05) is 22.7 Å². The predicted molar refractivity (Wildman–Crippen MR) is 86.8 cm³/mol. The van der Waals surface area contributed by atoms with E-state index in [9.17, 15) is 9.18 Å². The van der Waals surface area contributed by atoms with Gasteiger partial charge in [-0.25, -0.2) is 4.39 Å². The summed E-state index contributed by atoms with van der Waals surface area (Å²) in [6.07, 6.45) is 2.00. The number of likely N-dealkylation sites (N-methyl/N-ethyl adjacent to an activating group) is 1. The van der Waals surface area contributed by atoms with E-state index >= 15 is 0 Å². The summed E-state index contributed by atoms with van der Waals surface area (Å²) in [5.74, 6) is -0.253. The van der Waals surface area contributed by atoms with Gasteiger partial charge in [0.2, 0.25) is 0 Å². The number of Topliss-reactive ketones (excluding diaryl/α,β-unsaturated/α-hetero) is 1. The Morgan fingerprint density at radius 3 is 2.48 bits per heavy atom. The van der Waals surface area contributed by atoms with Crippen LogP contribution in [0.15, 0.2) is 53.4 Å². The number of anilines is 1. The number of halogens is 1. The lowest BCUT2D eigenvalue weighted by Crippen LogP contribution is -2.29. The average Bonchev–Trinajstić information content (AvgIpc) is 2.52. The summed E-state index contributed by atoms with van der Waals surface area (Å²) in [7, 11) is 0. The lowest BCUT2D eigenvalue weighted by Gasteiger charge is -2.22. The summed E-state index contributed by atoms with van der Waals surface area (Å²) < 4.78 is 13.3. The van der Waals surface area contributed by atoms with E-state index in [1.165, 1.54) is 12.1 Å². The summed E-state index contributed by atoms with van der Waals surface area (Å²) in [4.78, 5) is 15.3. The highest BCUT2D eigenvalue weighted by atomic mass is 32.2. The number of thioether (sulfide) groups is 1. The first-order valence-electron chi connectivity index (χ1n) is 6.81. The van der Waals surface area contributed by atoms with Gasteiger partial charge in [0.15, 0.2) is 5.78 Å². The fraction of sp³-hybridized carbons (Fsp3) is 0.235. The molecule has 110 valence electrons. The quantitative estimate of drug-likeness (QED) is 0.587. The Kier molecular flexibility index (Phi) is 5.39. The molecule has 0 aliphatic heterocycles. The third-order valence-electron chi connectivity index (χ3n) is 3.30. The second-order valence-electron chi connectivity index (χ2n) is 4.65. The number of hydrogen-bond acceptors (Lipinski definition) is 3. The zero-order valence-electron chi connectivity index (χ0n) is 12.2. The van der Waals surface area contributed by atoms with Crippen LogP contribution in [0, 0.1) is 5.82 Å². The van der Waals surface area contributed by atoms with Gasteiger partial charge in [-0.15, -0.1) is 11.8 Å². The van der Waals surface area contributed by atoms with Crippen molar-refractivity contribution >= 4 is 23.2 Å². The van der Waals surface area contributed by atoms with E-state index in [-0.39, 0.29) is 18.1 Å². The summed E-state index contributed by atoms with van der Waals surface area (Å²) >= 11 is 1.64. The highest BCUT2D eigenvalue weighted by Gasteiger charge is 2.12. The van der Waals surface area contributed by atoms with Crippen LogP contribution in [0.3, 0.4) is 0 Å². The molecule has 0 atom stereocenters. The van der Waals surface area contributed by atoms with Gasteiger partial charge >= 0.3 is 0 Å². The highest BCUT2D eigenvalue weighted by molar-refractivity contribution is 7.98. The topological polar surface area (TPSA) is 20.3 Å². The molecule has 0 aromatic heterocycles. The van der Waals surface area contributed by atoms with Crippen molar-refractivity contribution in [2.75, 3.05) is 24.2 Å². The third kappa shape index (κ3) is 4.08.